The molecule has 0 aliphatic rings. The van der Waals surface area contributed by atoms with E-state index in [1.165, 1.54) is 7.11 Å². The average Bonchev–Trinajstić information content (AvgIpc) is 2.30. The van der Waals surface area contributed by atoms with Gasteiger partial charge in [-0.1, -0.05) is 0 Å². The number of hydrogen-bond acceptors (Lipinski definition) is 3. The number of ether oxygens (including phenoxy) is 1. The maximum Gasteiger partial charge on any atom is 0.253 e. The Balaban J connectivity index is 2.83. The van der Waals surface area contributed by atoms with Gasteiger partial charge in [0.15, 0.2) is 0 Å². The lowest BCUT2D eigenvalue weighted by Crippen LogP contribution is -2.26. The minimum Gasteiger partial charge on any atom is -0.372 e. The normalized spacial score (nSPS) is 11.6. The number of methoxy groups -OCH3 is 1. The third-order valence-electron chi connectivity index (χ3n) is 2.08. The molecule has 0 fully saturated rings. The molecule has 0 radical (unpaired) electrons. The molecular formula is C11H11BrN2O2. The Morgan fingerprint density at radius 1 is 1.62 bits per heavy atom. The molecule has 0 spiro atoms. The molecule has 5 heteroatoms. The molecule has 0 aliphatic heterocycles. The van der Waals surface area contributed by atoms with Crippen molar-refractivity contribution in [2.75, 3.05) is 12.4 Å². The van der Waals surface area contributed by atoms with Gasteiger partial charge in [0.05, 0.1) is 17.3 Å². The Bertz CT molecular complexity index is 440. The number of carbonyl (C=O) groups is 1. The van der Waals surface area contributed by atoms with Crippen molar-refractivity contribution in [3.8, 4) is 6.07 Å². The maximum absolute atomic E-state index is 11.5. The number of benzene rings is 1. The van der Waals surface area contributed by atoms with Crippen LogP contribution in [0.15, 0.2) is 22.7 Å². The van der Waals surface area contributed by atoms with Crippen molar-refractivity contribution in [3.05, 3.63) is 28.2 Å². The molecule has 1 rings (SSSR count). The first-order chi connectivity index (χ1) is 7.58. The number of nitrogens with zero attached hydrogens (tertiary/aromatic N) is 1. The lowest BCUT2D eigenvalue weighted by molar-refractivity contribution is -0.124. The third-order valence-corrected chi connectivity index (χ3v) is 2.73. The Morgan fingerprint density at radius 2 is 2.31 bits per heavy atom. The lowest BCUT2D eigenvalue weighted by atomic mass is 10.2. The second-order valence-electron chi connectivity index (χ2n) is 3.17. The van der Waals surface area contributed by atoms with E-state index < -0.39 is 6.10 Å². The zero-order valence-electron chi connectivity index (χ0n) is 8.95. The van der Waals surface area contributed by atoms with E-state index in [0.717, 1.165) is 0 Å². The standard InChI is InChI=1S/C11H11BrN2O2/c1-7(16-2)11(15)14-10-4-3-8(6-13)5-9(10)12/h3-5,7H,1-2H3,(H,14,15). The summed E-state index contributed by atoms with van der Waals surface area (Å²) < 4.78 is 5.56. The molecule has 1 aromatic carbocycles. The molecular weight excluding hydrogens is 272 g/mol. The fourth-order valence-corrected chi connectivity index (χ4v) is 1.51. The molecule has 0 aliphatic carbocycles. The summed E-state index contributed by atoms with van der Waals surface area (Å²) in [6.45, 7) is 1.66. The van der Waals surface area contributed by atoms with Crippen molar-refractivity contribution in [2.45, 2.75) is 13.0 Å². The predicted octanol–water partition coefficient (Wildman–Crippen LogP) is 2.29. The van der Waals surface area contributed by atoms with Gasteiger partial charge < -0.3 is 10.1 Å². The Hall–Kier alpha value is -1.38. The van der Waals surface area contributed by atoms with Crippen LogP contribution in [-0.2, 0) is 9.53 Å². The van der Waals surface area contributed by atoms with E-state index in [2.05, 4.69) is 21.2 Å². The fourth-order valence-electron chi connectivity index (χ4n) is 1.03. The smallest absolute Gasteiger partial charge is 0.253 e. The molecule has 0 aromatic heterocycles. The van der Waals surface area contributed by atoms with Gasteiger partial charge in [0.1, 0.15) is 6.10 Å². The molecule has 84 valence electrons. The van der Waals surface area contributed by atoms with Gasteiger partial charge in [-0.3, -0.25) is 4.79 Å². The van der Waals surface area contributed by atoms with E-state index in [9.17, 15) is 4.79 Å². The van der Waals surface area contributed by atoms with Gasteiger partial charge in [0.25, 0.3) is 5.91 Å². The van der Waals surface area contributed by atoms with E-state index in [4.69, 9.17) is 10.00 Å². The molecule has 1 N–H and O–H groups in total. The van der Waals surface area contributed by atoms with Crippen LogP contribution in [0.3, 0.4) is 0 Å². The van der Waals surface area contributed by atoms with Gasteiger partial charge in [0, 0.05) is 11.6 Å². The van der Waals surface area contributed by atoms with Crippen LogP contribution >= 0.6 is 15.9 Å². The number of halogens is 1. The summed E-state index contributed by atoms with van der Waals surface area (Å²) in [6, 6.07) is 6.97. The molecule has 16 heavy (non-hydrogen) atoms. The van der Waals surface area contributed by atoms with Crippen molar-refractivity contribution >= 4 is 27.5 Å². The van der Waals surface area contributed by atoms with Crippen LogP contribution in [0.2, 0.25) is 0 Å². The number of nitrogens with one attached hydrogen (secondary N) is 1. The molecule has 1 amide bonds. The highest BCUT2D eigenvalue weighted by molar-refractivity contribution is 9.10. The zero-order valence-corrected chi connectivity index (χ0v) is 10.5. The van der Waals surface area contributed by atoms with Crippen LogP contribution in [0.4, 0.5) is 5.69 Å². The molecule has 0 saturated heterocycles. The summed E-state index contributed by atoms with van der Waals surface area (Å²) in [6.07, 6.45) is -0.512. The number of carbonyl (C=O) groups excluding carboxylic acids is 1. The first-order valence-electron chi connectivity index (χ1n) is 4.61. The number of hydrogen-bond donors (Lipinski definition) is 1. The van der Waals surface area contributed by atoms with E-state index in [0.29, 0.717) is 15.7 Å². The Kier molecular flexibility index (Phi) is 4.47. The van der Waals surface area contributed by atoms with Crippen LogP contribution in [0.5, 0.6) is 0 Å². The van der Waals surface area contributed by atoms with E-state index in [1.54, 1.807) is 25.1 Å². The monoisotopic (exact) mass is 282 g/mol. The molecule has 0 heterocycles. The van der Waals surface area contributed by atoms with Crippen molar-refractivity contribution in [1.29, 1.82) is 5.26 Å². The second kappa shape index (κ2) is 5.64. The van der Waals surface area contributed by atoms with Crippen molar-refractivity contribution in [2.24, 2.45) is 0 Å². The second-order valence-corrected chi connectivity index (χ2v) is 4.03. The molecule has 0 saturated carbocycles. The van der Waals surface area contributed by atoms with Crippen LogP contribution in [-0.4, -0.2) is 19.1 Å². The highest BCUT2D eigenvalue weighted by atomic mass is 79.9. The molecule has 1 unspecified atom stereocenters. The SMILES string of the molecule is COC(C)C(=O)Nc1ccc(C#N)cc1Br. The molecule has 0 bridgehead atoms. The molecule has 1 aromatic rings. The Morgan fingerprint density at radius 3 is 2.81 bits per heavy atom. The Labute approximate surface area is 102 Å². The fraction of sp³-hybridized carbons (Fsp3) is 0.273. The lowest BCUT2D eigenvalue weighted by Gasteiger charge is -2.11. The minimum absolute atomic E-state index is 0.229. The summed E-state index contributed by atoms with van der Waals surface area (Å²) in [5.74, 6) is -0.229. The summed E-state index contributed by atoms with van der Waals surface area (Å²) in [5.41, 5.74) is 1.15. The summed E-state index contributed by atoms with van der Waals surface area (Å²) >= 11 is 3.28. The first kappa shape index (κ1) is 12.7. The number of rotatable bonds is 3. The highest BCUT2D eigenvalue weighted by Gasteiger charge is 2.12. The number of nitriles is 1. The summed E-state index contributed by atoms with van der Waals surface area (Å²) in [5, 5.41) is 11.4. The van der Waals surface area contributed by atoms with Crippen LogP contribution in [0, 0.1) is 11.3 Å². The van der Waals surface area contributed by atoms with Crippen molar-refractivity contribution < 1.29 is 9.53 Å². The third kappa shape index (κ3) is 3.05. The van der Waals surface area contributed by atoms with Gasteiger partial charge >= 0.3 is 0 Å². The minimum atomic E-state index is -0.512. The van der Waals surface area contributed by atoms with Crippen molar-refractivity contribution in [1.82, 2.24) is 0 Å². The predicted molar refractivity (Wildman–Crippen MR) is 64.0 cm³/mol. The van der Waals surface area contributed by atoms with E-state index in [-0.39, 0.29) is 5.91 Å². The highest BCUT2D eigenvalue weighted by Crippen LogP contribution is 2.23. The summed E-state index contributed by atoms with van der Waals surface area (Å²) in [4.78, 5) is 11.5. The zero-order chi connectivity index (χ0) is 12.1. The number of anilines is 1. The van der Waals surface area contributed by atoms with Crippen molar-refractivity contribution in [3.63, 3.8) is 0 Å². The van der Waals surface area contributed by atoms with Gasteiger partial charge in [-0.2, -0.15) is 5.26 Å². The average molecular weight is 283 g/mol. The van der Waals surface area contributed by atoms with E-state index in [1.807, 2.05) is 6.07 Å². The van der Waals surface area contributed by atoms with Gasteiger partial charge in [-0.05, 0) is 41.1 Å². The first-order valence-corrected chi connectivity index (χ1v) is 5.41. The molecule has 1 atom stereocenters. The van der Waals surface area contributed by atoms with Crippen LogP contribution in [0.1, 0.15) is 12.5 Å². The van der Waals surface area contributed by atoms with Crippen LogP contribution < -0.4 is 5.32 Å². The quantitative estimate of drug-likeness (QED) is 0.925. The maximum atomic E-state index is 11.5. The van der Waals surface area contributed by atoms with Gasteiger partial charge in [0.2, 0.25) is 0 Å². The van der Waals surface area contributed by atoms with Crippen LogP contribution in [0.25, 0.3) is 0 Å². The summed E-state index contributed by atoms with van der Waals surface area (Å²) in [7, 11) is 1.47. The van der Waals surface area contributed by atoms with Gasteiger partial charge in [-0.25, -0.2) is 0 Å². The van der Waals surface area contributed by atoms with E-state index >= 15 is 0 Å². The largest absolute Gasteiger partial charge is 0.372 e. The van der Waals surface area contributed by atoms with Gasteiger partial charge in [-0.15, -0.1) is 0 Å². The topological polar surface area (TPSA) is 62.1 Å². The molecule has 4 nitrogen and oxygen atoms in total. The number of amides is 1.